The van der Waals surface area contributed by atoms with Gasteiger partial charge >= 0.3 is 0 Å². The maximum Gasteiger partial charge on any atom is 0.130 e. The van der Waals surface area contributed by atoms with Crippen LogP contribution in [0, 0.1) is 13.8 Å². The zero-order valence-corrected chi connectivity index (χ0v) is 16.3. The Morgan fingerprint density at radius 3 is 2.37 bits per heavy atom. The Kier molecular flexibility index (Phi) is 4.11. The number of nitrogens with two attached hydrogens (primary N) is 1. The van der Waals surface area contributed by atoms with Crippen molar-refractivity contribution in [1.82, 2.24) is 0 Å². The summed E-state index contributed by atoms with van der Waals surface area (Å²) in [5.74, 6) is 1.73. The molecule has 4 rings (SSSR count). The maximum absolute atomic E-state index is 6.30. The lowest BCUT2D eigenvalue weighted by Crippen LogP contribution is -2.29. The van der Waals surface area contributed by atoms with Crippen LogP contribution in [0.1, 0.15) is 36.1 Å². The molecule has 0 aliphatic carbocycles. The van der Waals surface area contributed by atoms with Gasteiger partial charge in [0.2, 0.25) is 0 Å². The summed E-state index contributed by atoms with van der Waals surface area (Å²) in [4.78, 5) is 0. The molecule has 1 aliphatic heterocycles. The van der Waals surface area contributed by atoms with Gasteiger partial charge in [-0.05, 0) is 68.1 Å². The summed E-state index contributed by atoms with van der Waals surface area (Å²) < 4.78 is 12.4. The Morgan fingerprint density at radius 2 is 1.63 bits per heavy atom. The van der Waals surface area contributed by atoms with E-state index in [1.165, 1.54) is 5.56 Å². The number of hydrogen-bond donors (Lipinski definition) is 1. The number of rotatable bonds is 3. The number of benzene rings is 3. The van der Waals surface area contributed by atoms with Crippen molar-refractivity contribution in [3.8, 4) is 22.6 Å². The van der Waals surface area contributed by atoms with Crippen LogP contribution in [0.15, 0.2) is 54.6 Å². The van der Waals surface area contributed by atoms with Gasteiger partial charge in [-0.2, -0.15) is 0 Å². The molecule has 0 fully saturated rings. The van der Waals surface area contributed by atoms with Gasteiger partial charge in [0.25, 0.3) is 0 Å². The summed E-state index contributed by atoms with van der Waals surface area (Å²) >= 11 is 0. The maximum atomic E-state index is 6.30. The lowest BCUT2D eigenvalue weighted by Gasteiger charge is -2.36. The third-order valence-corrected chi connectivity index (χ3v) is 5.22. The highest BCUT2D eigenvalue weighted by Crippen LogP contribution is 2.48. The first kappa shape index (κ1) is 17.5. The first-order valence-corrected chi connectivity index (χ1v) is 9.26. The Bertz CT molecular complexity index is 1010. The van der Waals surface area contributed by atoms with Crippen LogP contribution in [0.5, 0.6) is 11.5 Å². The molecule has 0 spiro atoms. The molecule has 3 aromatic rings. The zero-order chi connectivity index (χ0) is 19.2. The van der Waals surface area contributed by atoms with Crippen LogP contribution < -0.4 is 15.2 Å². The van der Waals surface area contributed by atoms with Crippen molar-refractivity contribution >= 4 is 5.69 Å². The Hall–Kier alpha value is -2.94. The van der Waals surface area contributed by atoms with E-state index in [9.17, 15) is 0 Å². The highest BCUT2D eigenvalue weighted by Gasteiger charge is 2.34. The molecule has 0 unspecified atom stereocenters. The second-order valence-electron chi connectivity index (χ2n) is 7.75. The third-order valence-electron chi connectivity index (χ3n) is 5.22. The Morgan fingerprint density at radius 1 is 0.926 bits per heavy atom. The van der Waals surface area contributed by atoms with Gasteiger partial charge in [-0.3, -0.25) is 0 Å². The standard InChI is InChI=1S/C24H25NO2/c1-15-10-19-18-11-16(2)22(26-14-17-8-6-5-7-9-17)12-20(18)24(3,4)27-23(19)13-21(15)25/h5-13H,14,25H2,1-4H3. The number of fused-ring (bicyclic) bond motifs is 3. The molecule has 0 bridgehead atoms. The van der Waals surface area contributed by atoms with Crippen molar-refractivity contribution in [1.29, 1.82) is 0 Å². The van der Waals surface area contributed by atoms with Crippen LogP contribution in [0.3, 0.4) is 0 Å². The second kappa shape index (κ2) is 6.34. The molecule has 0 atom stereocenters. The minimum atomic E-state index is -0.456. The molecule has 27 heavy (non-hydrogen) atoms. The molecule has 0 amide bonds. The van der Waals surface area contributed by atoms with Crippen LogP contribution in [-0.4, -0.2) is 0 Å². The van der Waals surface area contributed by atoms with E-state index < -0.39 is 5.60 Å². The van der Waals surface area contributed by atoms with Gasteiger partial charge in [-0.15, -0.1) is 0 Å². The van der Waals surface area contributed by atoms with Crippen molar-refractivity contribution in [3.05, 3.63) is 76.9 Å². The Labute approximate surface area is 160 Å². The quantitative estimate of drug-likeness (QED) is 0.605. The van der Waals surface area contributed by atoms with Gasteiger partial charge in [0.05, 0.1) is 0 Å². The number of nitrogen functional groups attached to an aromatic ring is 1. The van der Waals surface area contributed by atoms with Gasteiger partial charge < -0.3 is 15.2 Å². The molecule has 138 valence electrons. The molecule has 3 aromatic carbocycles. The van der Waals surface area contributed by atoms with Crippen molar-refractivity contribution in [2.45, 2.75) is 39.9 Å². The predicted molar refractivity (Wildman–Crippen MR) is 110 cm³/mol. The molecule has 1 heterocycles. The van der Waals surface area contributed by atoms with Crippen LogP contribution in [0.25, 0.3) is 11.1 Å². The van der Waals surface area contributed by atoms with Crippen molar-refractivity contribution < 1.29 is 9.47 Å². The largest absolute Gasteiger partial charge is 0.489 e. The van der Waals surface area contributed by atoms with Crippen LogP contribution in [0.4, 0.5) is 5.69 Å². The fraction of sp³-hybridized carbons (Fsp3) is 0.250. The topological polar surface area (TPSA) is 44.5 Å². The van der Waals surface area contributed by atoms with E-state index in [2.05, 4.69) is 51.1 Å². The average Bonchev–Trinajstić information content (AvgIpc) is 2.63. The van der Waals surface area contributed by atoms with Gasteiger partial charge in [0.1, 0.15) is 23.7 Å². The number of anilines is 1. The van der Waals surface area contributed by atoms with E-state index in [1.54, 1.807) is 0 Å². The molecule has 0 radical (unpaired) electrons. The SMILES string of the molecule is Cc1cc2c(cc1N)OC(C)(C)c1cc(OCc3ccccc3)c(C)cc1-2. The van der Waals surface area contributed by atoms with Crippen LogP contribution in [0.2, 0.25) is 0 Å². The summed E-state index contributed by atoms with van der Waals surface area (Å²) in [7, 11) is 0. The van der Waals surface area contributed by atoms with E-state index in [0.717, 1.165) is 45.0 Å². The second-order valence-corrected chi connectivity index (χ2v) is 7.75. The normalized spacial score (nSPS) is 14.1. The summed E-state index contributed by atoms with van der Waals surface area (Å²) in [5, 5.41) is 0. The monoisotopic (exact) mass is 359 g/mol. The van der Waals surface area contributed by atoms with Crippen molar-refractivity contribution in [2.24, 2.45) is 0 Å². The molecular formula is C24H25NO2. The molecule has 0 saturated carbocycles. The van der Waals surface area contributed by atoms with Crippen LogP contribution >= 0.6 is 0 Å². The molecule has 3 nitrogen and oxygen atoms in total. The zero-order valence-electron chi connectivity index (χ0n) is 16.3. The van der Waals surface area contributed by atoms with Crippen molar-refractivity contribution in [3.63, 3.8) is 0 Å². The summed E-state index contributed by atoms with van der Waals surface area (Å²) in [5.41, 5.74) is 13.1. The molecule has 1 aliphatic rings. The molecule has 0 aromatic heterocycles. The minimum Gasteiger partial charge on any atom is -0.489 e. The first-order chi connectivity index (χ1) is 12.8. The fourth-order valence-corrected chi connectivity index (χ4v) is 3.63. The summed E-state index contributed by atoms with van der Waals surface area (Å²) in [6.45, 7) is 8.84. The predicted octanol–water partition coefficient (Wildman–Crippen LogP) is 5.76. The molecule has 3 heteroatoms. The highest BCUT2D eigenvalue weighted by atomic mass is 16.5. The van der Waals surface area contributed by atoms with Gasteiger partial charge in [0.15, 0.2) is 0 Å². The van der Waals surface area contributed by atoms with E-state index in [1.807, 2.05) is 31.2 Å². The van der Waals surface area contributed by atoms with E-state index in [0.29, 0.717) is 6.61 Å². The van der Waals surface area contributed by atoms with Gasteiger partial charge in [0, 0.05) is 22.9 Å². The molecular weight excluding hydrogens is 334 g/mol. The number of hydrogen-bond acceptors (Lipinski definition) is 3. The van der Waals surface area contributed by atoms with E-state index in [4.69, 9.17) is 15.2 Å². The highest BCUT2D eigenvalue weighted by molar-refractivity contribution is 5.80. The molecule has 2 N–H and O–H groups in total. The van der Waals surface area contributed by atoms with E-state index >= 15 is 0 Å². The Balaban J connectivity index is 1.76. The molecule has 0 saturated heterocycles. The summed E-state index contributed by atoms with van der Waals surface area (Å²) in [6.07, 6.45) is 0. The third kappa shape index (κ3) is 3.14. The first-order valence-electron chi connectivity index (χ1n) is 9.26. The number of ether oxygens (including phenoxy) is 2. The average molecular weight is 359 g/mol. The number of aryl methyl sites for hydroxylation is 2. The van der Waals surface area contributed by atoms with Gasteiger partial charge in [-0.25, -0.2) is 0 Å². The minimum absolute atomic E-state index is 0.456. The van der Waals surface area contributed by atoms with Crippen molar-refractivity contribution in [2.75, 3.05) is 5.73 Å². The van der Waals surface area contributed by atoms with E-state index in [-0.39, 0.29) is 0 Å². The summed E-state index contributed by atoms with van der Waals surface area (Å²) in [6, 6.07) is 18.6. The van der Waals surface area contributed by atoms with Gasteiger partial charge in [-0.1, -0.05) is 30.3 Å². The fourth-order valence-electron chi connectivity index (χ4n) is 3.63. The lowest BCUT2D eigenvalue weighted by atomic mass is 9.84. The lowest BCUT2D eigenvalue weighted by molar-refractivity contribution is 0.105. The van der Waals surface area contributed by atoms with Crippen LogP contribution in [-0.2, 0) is 12.2 Å². The smallest absolute Gasteiger partial charge is 0.130 e.